The third kappa shape index (κ3) is 6.34. The summed E-state index contributed by atoms with van der Waals surface area (Å²) < 4.78 is 29.9. The topological polar surface area (TPSA) is 80.1 Å². The van der Waals surface area contributed by atoms with Gasteiger partial charge in [-0.05, 0) is 60.4 Å². The van der Waals surface area contributed by atoms with Crippen molar-refractivity contribution >= 4 is 16.9 Å². The number of aromatic nitrogens is 2. The molecule has 1 N–H and O–H groups in total. The number of aromatic carboxylic acids is 1. The average Bonchev–Trinajstić information content (AvgIpc) is 3.37. The van der Waals surface area contributed by atoms with Gasteiger partial charge < -0.3 is 19.1 Å². The minimum atomic E-state index is -0.955. The number of pyridine rings is 1. The predicted octanol–water partition coefficient (Wildman–Crippen LogP) is 6.12. The second kappa shape index (κ2) is 13.3. The normalized spacial score (nSPS) is 21.1. The average molecular weight is 613 g/mol. The van der Waals surface area contributed by atoms with Crippen LogP contribution in [0.3, 0.4) is 0 Å². The quantitative estimate of drug-likeness (QED) is 0.257. The van der Waals surface area contributed by atoms with Gasteiger partial charge in [0.05, 0.1) is 24.5 Å². The molecule has 2 fully saturated rings. The molecule has 0 bridgehead atoms. The number of hydrogen-bond donors (Lipinski definition) is 1. The van der Waals surface area contributed by atoms with Gasteiger partial charge in [0.1, 0.15) is 18.5 Å². The Morgan fingerprint density at radius 1 is 1.00 bits per heavy atom. The Morgan fingerprint density at radius 2 is 1.84 bits per heavy atom. The van der Waals surface area contributed by atoms with Gasteiger partial charge in [-0.2, -0.15) is 0 Å². The van der Waals surface area contributed by atoms with Crippen molar-refractivity contribution in [2.24, 2.45) is 0 Å². The summed E-state index contributed by atoms with van der Waals surface area (Å²) in [6.07, 6.45) is 5.90. The summed E-state index contributed by atoms with van der Waals surface area (Å²) >= 11 is 0. The molecule has 8 nitrogen and oxygen atoms in total. The number of carbonyl (C=O) groups is 1. The molecule has 3 aliphatic rings. The van der Waals surface area contributed by atoms with E-state index in [4.69, 9.17) is 9.47 Å². The van der Waals surface area contributed by atoms with Crippen LogP contribution in [0.2, 0.25) is 0 Å². The second-order valence-electron chi connectivity index (χ2n) is 12.6. The first-order valence-electron chi connectivity index (χ1n) is 16.3. The van der Waals surface area contributed by atoms with Crippen molar-refractivity contribution in [3.8, 4) is 17.0 Å². The number of alkyl halides is 1. The van der Waals surface area contributed by atoms with E-state index in [-0.39, 0.29) is 11.5 Å². The van der Waals surface area contributed by atoms with Crippen molar-refractivity contribution in [1.29, 1.82) is 0 Å². The van der Waals surface area contributed by atoms with Crippen LogP contribution in [0.25, 0.3) is 22.2 Å². The first-order valence-corrected chi connectivity index (χ1v) is 16.3. The minimum Gasteiger partial charge on any atom is -0.489 e. The summed E-state index contributed by atoms with van der Waals surface area (Å²) in [5.41, 5.74) is 6.39. The van der Waals surface area contributed by atoms with E-state index in [1.807, 2.05) is 30.5 Å². The van der Waals surface area contributed by atoms with E-state index < -0.39 is 12.1 Å². The summed E-state index contributed by atoms with van der Waals surface area (Å²) in [5.74, 6) is -0.395. The zero-order valence-electron chi connectivity index (χ0n) is 25.7. The molecular weight excluding hydrogens is 571 g/mol. The fourth-order valence-corrected chi connectivity index (χ4v) is 7.35. The van der Waals surface area contributed by atoms with Crippen molar-refractivity contribution in [2.75, 3.05) is 45.9 Å². The van der Waals surface area contributed by atoms with Crippen LogP contribution < -0.4 is 4.74 Å². The Hall–Kier alpha value is -3.79. The van der Waals surface area contributed by atoms with Crippen LogP contribution in [0.5, 0.6) is 5.75 Å². The highest BCUT2D eigenvalue weighted by atomic mass is 19.1. The molecule has 236 valence electrons. The van der Waals surface area contributed by atoms with Crippen LogP contribution in [0.4, 0.5) is 4.39 Å². The van der Waals surface area contributed by atoms with Gasteiger partial charge in [-0.1, -0.05) is 25.0 Å². The number of hydrogen-bond acceptors (Lipinski definition) is 6. The molecule has 1 saturated heterocycles. The number of rotatable bonds is 8. The van der Waals surface area contributed by atoms with Crippen LogP contribution in [0, 0.1) is 0 Å². The van der Waals surface area contributed by atoms with Gasteiger partial charge in [0.15, 0.2) is 0 Å². The van der Waals surface area contributed by atoms with Crippen LogP contribution >= 0.6 is 0 Å². The van der Waals surface area contributed by atoms with E-state index in [9.17, 15) is 9.90 Å². The van der Waals surface area contributed by atoms with Crippen LogP contribution in [-0.2, 0) is 24.4 Å². The number of nitrogens with zero attached hydrogens (tertiary/aromatic N) is 4. The number of fused-ring (bicyclic) bond motifs is 5. The summed E-state index contributed by atoms with van der Waals surface area (Å²) in [4.78, 5) is 21.2. The van der Waals surface area contributed by atoms with E-state index in [0.29, 0.717) is 19.6 Å². The highest BCUT2D eigenvalue weighted by Gasteiger charge is 2.34. The molecule has 1 aliphatic carbocycles. The molecule has 2 aromatic carbocycles. The summed E-state index contributed by atoms with van der Waals surface area (Å²) in [6.45, 7) is 7.92. The highest BCUT2D eigenvalue weighted by molar-refractivity contribution is 5.98. The van der Waals surface area contributed by atoms with Crippen molar-refractivity contribution in [3.63, 3.8) is 0 Å². The van der Waals surface area contributed by atoms with E-state index in [0.717, 1.165) is 116 Å². The van der Waals surface area contributed by atoms with E-state index in [1.165, 1.54) is 0 Å². The van der Waals surface area contributed by atoms with Crippen LogP contribution in [0.15, 0.2) is 60.9 Å². The maximum Gasteiger partial charge on any atom is 0.335 e. The van der Waals surface area contributed by atoms with Gasteiger partial charge in [0.2, 0.25) is 0 Å². The SMILES string of the molecule is O=C(O)c1ccc2c([C@@H]3CCCC[C@H]3F)c3n(c2c1)CCN(CCN1CCOCC1)Cc1cc(OCc2cccnc2)ccc1-3. The van der Waals surface area contributed by atoms with Crippen molar-refractivity contribution in [3.05, 3.63) is 83.2 Å². The molecular formula is C36H41FN4O4. The summed E-state index contributed by atoms with van der Waals surface area (Å²) in [7, 11) is 0. The Bertz CT molecular complexity index is 1650. The summed E-state index contributed by atoms with van der Waals surface area (Å²) in [6, 6.07) is 15.6. The van der Waals surface area contributed by atoms with E-state index in [2.05, 4.69) is 31.5 Å². The van der Waals surface area contributed by atoms with Gasteiger partial charge in [-0.15, -0.1) is 0 Å². The monoisotopic (exact) mass is 612 g/mol. The molecule has 9 heteroatoms. The van der Waals surface area contributed by atoms with Gasteiger partial charge in [-0.25, -0.2) is 9.18 Å². The Labute approximate surface area is 263 Å². The van der Waals surface area contributed by atoms with E-state index in [1.54, 1.807) is 18.3 Å². The lowest BCUT2D eigenvalue weighted by Crippen LogP contribution is -2.42. The second-order valence-corrected chi connectivity index (χ2v) is 12.6. The number of benzene rings is 2. The number of carboxylic acids is 1. The van der Waals surface area contributed by atoms with Gasteiger partial charge in [-0.3, -0.25) is 14.8 Å². The lowest BCUT2D eigenvalue weighted by Gasteiger charge is -2.33. The van der Waals surface area contributed by atoms with Gasteiger partial charge in [0, 0.05) is 86.2 Å². The zero-order valence-corrected chi connectivity index (χ0v) is 25.7. The standard InChI is InChI=1S/C36H41FN4O4/c37-32-6-2-1-5-30(32)34-31-9-7-26(36(42)43)21-33(31)41-15-14-40(13-12-39-16-18-44-19-17-39)23-27-20-28(8-10-29(27)35(34)41)45-24-25-4-3-11-38-22-25/h3-4,7-11,20-22,30,32H,1-2,5-6,12-19,23-24H2,(H,42,43)/t30-,32-/m1/s1. The Morgan fingerprint density at radius 3 is 2.64 bits per heavy atom. The zero-order chi connectivity index (χ0) is 30.8. The number of carboxylic acid groups (broad SMARTS) is 1. The molecule has 4 aromatic rings. The molecule has 0 radical (unpaired) electrons. The fraction of sp³-hybridized carbons (Fsp3) is 0.444. The third-order valence-corrected chi connectivity index (χ3v) is 9.73. The molecule has 45 heavy (non-hydrogen) atoms. The smallest absolute Gasteiger partial charge is 0.335 e. The molecule has 2 aliphatic heterocycles. The number of halogens is 1. The van der Waals surface area contributed by atoms with Crippen molar-refractivity contribution in [2.45, 2.75) is 57.5 Å². The molecule has 0 spiro atoms. The Balaban J connectivity index is 1.33. The molecule has 2 atom stereocenters. The van der Waals surface area contributed by atoms with Crippen LogP contribution in [-0.4, -0.2) is 82.5 Å². The minimum absolute atomic E-state index is 0.223. The maximum atomic E-state index is 15.8. The predicted molar refractivity (Wildman–Crippen MR) is 172 cm³/mol. The maximum absolute atomic E-state index is 15.8. The van der Waals surface area contributed by atoms with E-state index >= 15 is 4.39 Å². The lowest BCUT2D eigenvalue weighted by molar-refractivity contribution is 0.0327. The third-order valence-electron chi connectivity index (χ3n) is 9.73. The molecule has 1 saturated carbocycles. The van der Waals surface area contributed by atoms with Crippen molar-refractivity contribution < 1.29 is 23.8 Å². The lowest BCUT2D eigenvalue weighted by atomic mass is 9.80. The largest absolute Gasteiger partial charge is 0.489 e. The van der Waals surface area contributed by atoms with Gasteiger partial charge in [0.25, 0.3) is 0 Å². The summed E-state index contributed by atoms with van der Waals surface area (Å²) in [5, 5.41) is 10.9. The molecule has 0 amide bonds. The van der Waals surface area contributed by atoms with Crippen molar-refractivity contribution in [1.82, 2.24) is 19.4 Å². The first-order chi connectivity index (χ1) is 22.0. The van der Waals surface area contributed by atoms with Crippen LogP contribution in [0.1, 0.15) is 58.6 Å². The molecule has 7 rings (SSSR count). The number of morpholine rings is 1. The highest BCUT2D eigenvalue weighted by Crippen LogP contribution is 2.47. The Kier molecular flexibility index (Phi) is 8.83. The molecule has 2 aromatic heterocycles. The van der Waals surface area contributed by atoms with Gasteiger partial charge >= 0.3 is 5.97 Å². The first kappa shape index (κ1) is 29.9. The number of ether oxygens (including phenoxy) is 2. The molecule has 0 unspecified atom stereocenters. The fourth-order valence-electron chi connectivity index (χ4n) is 7.35. The molecule has 4 heterocycles.